The minimum Gasteiger partial charge on any atom is -0.444 e. The topological polar surface area (TPSA) is 75.4 Å². The van der Waals surface area contributed by atoms with Crippen LogP contribution in [0.15, 0.2) is 20.3 Å². The molecule has 6 nitrogen and oxygen atoms in total. The number of nitrogens with one attached hydrogen (secondary N) is 1. The Hall–Kier alpha value is -1.67. The van der Waals surface area contributed by atoms with Crippen molar-refractivity contribution in [3.05, 3.63) is 38.1 Å². The fourth-order valence-electron chi connectivity index (χ4n) is 2.33. The maximum Gasteiger partial charge on any atom is 0.325 e. The summed E-state index contributed by atoms with van der Waals surface area (Å²) in [6, 6.07) is 3.25. The quantitative estimate of drug-likeness (QED) is 0.826. The summed E-state index contributed by atoms with van der Waals surface area (Å²) < 4.78 is 6.37. The Morgan fingerprint density at radius 1 is 1.41 bits per heavy atom. The minimum atomic E-state index is -1.05. The van der Waals surface area contributed by atoms with Crippen molar-refractivity contribution >= 4 is 39.2 Å². The highest BCUT2D eigenvalue weighted by Crippen LogP contribution is 2.36. The molecule has 1 atom stereocenters. The van der Waals surface area contributed by atoms with Gasteiger partial charge in [-0.25, -0.2) is 9.78 Å². The Morgan fingerprint density at radius 2 is 2.14 bits per heavy atom. The molecule has 3 amide bonds. The number of amides is 3. The summed E-state index contributed by atoms with van der Waals surface area (Å²) in [4.78, 5) is 31.0. The monoisotopic (exact) mass is 383 g/mol. The van der Waals surface area contributed by atoms with E-state index in [9.17, 15) is 9.59 Å². The lowest BCUT2D eigenvalue weighted by Gasteiger charge is -2.19. The number of aromatic nitrogens is 1. The second kappa shape index (κ2) is 5.20. The number of nitrogens with zero attached hydrogens (tertiary/aromatic N) is 2. The Labute approximate surface area is 139 Å². The predicted molar refractivity (Wildman–Crippen MR) is 84.4 cm³/mol. The first-order valence-electron chi connectivity index (χ1n) is 6.64. The van der Waals surface area contributed by atoms with Gasteiger partial charge in [-0.3, -0.25) is 9.69 Å². The zero-order valence-corrected chi connectivity index (χ0v) is 14.7. The molecule has 0 aromatic carbocycles. The highest BCUT2D eigenvalue weighted by molar-refractivity contribution is 9.11. The number of aryl methyl sites for hydroxylation is 2. The van der Waals surface area contributed by atoms with E-state index in [1.165, 1.54) is 11.3 Å². The van der Waals surface area contributed by atoms with Crippen molar-refractivity contribution in [2.24, 2.45) is 0 Å². The van der Waals surface area contributed by atoms with E-state index < -0.39 is 11.6 Å². The van der Waals surface area contributed by atoms with Gasteiger partial charge in [0.2, 0.25) is 5.89 Å². The molecular formula is C14H14BrN3O3S. The zero-order chi connectivity index (χ0) is 16.1. The molecule has 0 spiro atoms. The van der Waals surface area contributed by atoms with Crippen molar-refractivity contribution in [1.82, 2.24) is 15.2 Å². The van der Waals surface area contributed by atoms with E-state index in [1.54, 1.807) is 13.8 Å². The van der Waals surface area contributed by atoms with Crippen LogP contribution in [0.25, 0.3) is 0 Å². The first-order chi connectivity index (χ1) is 10.3. The number of thiophene rings is 1. The van der Waals surface area contributed by atoms with Crippen LogP contribution in [-0.2, 0) is 16.9 Å². The van der Waals surface area contributed by atoms with E-state index in [2.05, 4.69) is 26.2 Å². The summed E-state index contributed by atoms with van der Waals surface area (Å²) in [5.41, 5.74) is -0.295. The van der Waals surface area contributed by atoms with Gasteiger partial charge in [0, 0.05) is 4.88 Å². The largest absolute Gasteiger partial charge is 0.444 e. The second-order valence-electron chi connectivity index (χ2n) is 5.30. The molecule has 2 aromatic rings. The van der Waals surface area contributed by atoms with Gasteiger partial charge in [0.1, 0.15) is 12.3 Å². The molecule has 3 rings (SSSR count). The minimum absolute atomic E-state index is 0.0292. The van der Waals surface area contributed by atoms with Crippen molar-refractivity contribution in [2.45, 2.75) is 32.9 Å². The van der Waals surface area contributed by atoms with Crippen molar-refractivity contribution in [3.8, 4) is 0 Å². The normalized spacial score (nSPS) is 21.5. The summed E-state index contributed by atoms with van der Waals surface area (Å²) in [6.45, 7) is 5.35. The summed E-state index contributed by atoms with van der Waals surface area (Å²) in [7, 11) is 0. The van der Waals surface area contributed by atoms with Gasteiger partial charge < -0.3 is 9.73 Å². The third-order valence-corrected chi connectivity index (χ3v) is 5.55. The summed E-state index contributed by atoms with van der Waals surface area (Å²) >= 11 is 4.79. The van der Waals surface area contributed by atoms with Gasteiger partial charge in [0.25, 0.3) is 5.91 Å². The van der Waals surface area contributed by atoms with Crippen molar-refractivity contribution in [2.75, 3.05) is 0 Å². The molecule has 0 saturated carbocycles. The van der Waals surface area contributed by atoms with Crippen LogP contribution >= 0.6 is 27.3 Å². The number of oxazole rings is 1. The van der Waals surface area contributed by atoms with Crippen LogP contribution in [0.5, 0.6) is 0 Å². The number of hydrogen-bond donors (Lipinski definition) is 1. The molecule has 1 aliphatic rings. The summed E-state index contributed by atoms with van der Waals surface area (Å²) in [5.74, 6) is 0.738. The second-order valence-corrected chi connectivity index (χ2v) is 7.76. The fourth-order valence-corrected chi connectivity index (χ4v) is 3.81. The highest BCUT2D eigenvalue weighted by atomic mass is 79.9. The standard InChI is InChI=1S/C14H14BrN3O3S/c1-7-8(2)21-11(16-7)6-18-12(19)14(3,17-13(18)20)9-4-5-10(15)22-9/h4-5H,6H2,1-3H3,(H,17,20). The molecule has 0 radical (unpaired) electrons. The molecule has 0 aliphatic carbocycles. The van der Waals surface area contributed by atoms with E-state index >= 15 is 0 Å². The summed E-state index contributed by atoms with van der Waals surface area (Å²) in [6.07, 6.45) is 0. The SMILES string of the molecule is Cc1nc(CN2C(=O)NC(C)(c3ccc(Br)s3)C2=O)oc1C. The number of carbonyl (C=O) groups excluding carboxylic acids is 2. The lowest BCUT2D eigenvalue weighted by Crippen LogP contribution is -2.40. The molecule has 1 saturated heterocycles. The van der Waals surface area contributed by atoms with Crippen molar-refractivity contribution < 1.29 is 14.0 Å². The predicted octanol–water partition coefficient (Wildman–Crippen LogP) is 3.08. The number of carbonyl (C=O) groups is 2. The number of hydrogen-bond acceptors (Lipinski definition) is 5. The van der Waals surface area contributed by atoms with Gasteiger partial charge in [-0.2, -0.15) is 0 Å². The Balaban J connectivity index is 1.88. The summed E-state index contributed by atoms with van der Waals surface area (Å²) in [5, 5.41) is 2.76. The fraction of sp³-hybridized carbons (Fsp3) is 0.357. The first kappa shape index (κ1) is 15.2. The third kappa shape index (κ3) is 2.36. The molecule has 2 aromatic heterocycles. The van der Waals surface area contributed by atoms with E-state index in [4.69, 9.17) is 4.42 Å². The van der Waals surface area contributed by atoms with Crippen LogP contribution in [0, 0.1) is 13.8 Å². The molecule has 22 heavy (non-hydrogen) atoms. The number of urea groups is 1. The smallest absolute Gasteiger partial charge is 0.325 e. The zero-order valence-electron chi connectivity index (χ0n) is 12.3. The lowest BCUT2D eigenvalue weighted by molar-refractivity contribution is -0.131. The molecule has 1 N–H and O–H groups in total. The van der Waals surface area contributed by atoms with Crippen molar-refractivity contribution in [1.29, 1.82) is 0 Å². The van der Waals surface area contributed by atoms with Crippen LogP contribution in [0.1, 0.15) is 29.1 Å². The van der Waals surface area contributed by atoms with Gasteiger partial charge in [-0.15, -0.1) is 11.3 Å². The van der Waals surface area contributed by atoms with E-state index in [1.807, 2.05) is 19.1 Å². The van der Waals surface area contributed by atoms with Crippen LogP contribution in [-0.4, -0.2) is 21.8 Å². The van der Waals surface area contributed by atoms with Crippen LogP contribution < -0.4 is 5.32 Å². The van der Waals surface area contributed by atoms with Crippen LogP contribution in [0.3, 0.4) is 0 Å². The maximum absolute atomic E-state index is 12.7. The Bertz CT molecular complexity index is 750. The van der Waals surface area contributed by atoms with Gasteiger partial charge in [-0.1, -0.05) is 0 Å². The first-order valence-corrected chi connectivity index (χ1v) is 8.25. The van der Waals surface area contributed by atoms with Gasteiger partial charge in [0.05, 0.1) is 9.48 Å². The number of imide groups is 1. The van der Waals surface area contributed by atoms with Gasteiger partial charge in [-0.05, 0) is 48.8 Å². The molecule has 8 heteroatoms. The molecule has 1 unspecified atom stereocenters. The Kier molecular flexibility index (Phi) is 3.60. The molecule has 116 valence electrons. The molecule has 1 aliphatic heterocycles. The van der Waals surface area contributed by atoms with E-state index in [0.29, 0.717) is 11.7 Å². The van der Waals surface area contributed by atoms with E-state index in [0.717, 1.165) is 19.3 Å². The average molecular weight is 384 g/mol. The molecular weight excluding hydrogens is 370 g/mol. The lowest BCUT2D eigenvalue weighted by atomic mass is 10.0. The number of rotatable bonds is 3. The maximum atomic E-state index is 12.7. The van der Waals surface area contributed by atoms with Gasteiger partial charge in [0.15, 0.2) is 5.54 Å². The Morgan fingerprint density at radius 3 is 2.68 bits per heavy atom. The molecule has 0 bridgehead atoms. The van der Waals surface area contributed by atoms with E-state index in [-0.39, 0.29) is 12.5 Å². The van der Waals surface area contributed by atoms with Crippen molar-refractivity contribution in [3.63, 3.8) is 0 Å². The van der Waals surface area contributed by atoms with Gasteiger partial charge >= 0.3 is 6.03 Å². The highest BCUT2D eigenvalue weighted by Gasteiger charge is 2.50. The molecule has 1 fully saturated rings. The molecule has 3 heterocycles. The van der Waals surface area contributed by atoms with Crippen LogP contribution in [0.2, 0.25) is 0 Å². The van der Waals surface area contributed by atoms with Crippen LogP contribution in [0.4, 0.5) is 4.79 Å². The average Bonchev–Trinajstić information content (AvgIpc) is 3.07. The third-order valence-electron chi connectivity index (χ3n) is 3.71. The number of halogens is 1.